The van der Waals surface area contributed by atoms with Gasteiger partial charge in [0.25, 0.3) is 0 Å². The topological polar surface area (TPSA) is 0 Å². The van der Waals surface area contributed by atoms with Crippen LogP contribution >= 0.6 is 0 Å². The third-order valence-electron chi connectivity index (χ3n) is 2.55. The first-order chi connectivity index (χ1) is 6.27. The Morgan fingerprint density at radius 3 is 1.93 bits per heavy atom. The van der Waals surface area contributed by atoms with Crippen LogP contribution in [0.2, 0.25) is 0 Å². The summed E-state index contributed by atoms with van der Waals surface area (Å²) < 4.78 is 2.19. The van der Waals surface area contributed by atoms with Crippen molar-refractivity contribution >= 4 is 0 Å². The molecule has 2 nitrogen and oxygen atoms in total. The Balaban J connectivity index is 3.77. The third-order valence-corrected chi connectivity index (χ3v) is 2.55. The summed E-state index contributed by atoms with van der Waals surface area (Å²) in [5, 5.41) is 0. The number of unbranched alkanes of at least 4 members (excludes halogenated alkanes) is 1. The van der Waals surface area contributed by atoms with Crippen molar-refractivity contribution < 1.29 is 8.97 Å². The zero-order valence-corrected chi connectivity index (χ0v) is 10.7. The monoisotopic (exact) mass is 200 g/mol. The van der Waals surface area contributed by atoms with Crippen molar-refractivity contribution in [3.63, 3.8) is 0 Å². The lowest BCUT2D eigenvalue weighted by atomic mass is 10.2. The molecule has 84 valence electrons. The Morgan fingerprint density at radius 1 is 0.929 bits per heavy atom. The highest BCUT2D eigenvalue weighted by atomic mass is 15.4. The quantitative estimate of drug-likeness (QED) is 0.334. The van der Waals surface area contributed by atoms with Gasteiger partial charge in [0.15, 0.2) is 0 Å². The van der Waals surface area contributed by atoms with Crippen molar-refractivity contribution in [2.24, 2.45) is 0 Å². The molecule has 0 saturated carbocycles. The largest absolute Gasteiger partial charge is 0.326 e. The molecule has 0 bridgehead atoms. The molecule has 0 heterocycles. The molecule has 0 aromatic rings. The summed E-state index contributed by atoms with van der Waals surface area (Å²) in [6.45, 7) is 7.50. The molecule has 0 atom stereocenters. The summed E-state index contributed by atoms with van der Waals surface area (Å²) in [6.07, 6.45) is 4.42. The van der Waals surface area contributed by atoms with Gasteiger partial charge < -0.3 is 8.97 Å². The van der Waals surface area contributed by atoms with Gasteiger partial charge in [-0.05, 0) is 12.8 Å². The van der Waals surface area contributed by atoms with Crippen molar-refractivity contribution in [2.75, 3.05) is 54.9 Å². The zero-order valence-electron chi connectivity index (χ0n) is 10.7. The highest BCUT2D eigenvalue weighted by Crippen LogP contribution is 2.03. The zero-order chi connectivity index (χ0) is 11.2. The second-order valence-corrected chi connectivity index (χ2v) is 5.83. The van der Waals surface area contributed by atoms with E-state index in [2.05, 4.69) is 41.8 Å². The Hall–Kier alpha value is -0.340. The van der Waals surface area contributed by atoms with Crippen molar-refractivity contribution in [3.8, 4) is 0 Å². The lowest BCUT2D eigenvalue weighted by Crippen LogP contribution is -2.49. The van der Waals surface area contributed by atoms with Gasteiger partial charge in [-0.3, -0.25) is 0 Å². The molecule has 0 radical (unpaired) electrons. The molecule has 0 unspecified atom stereocenters. The van der Waals surface area contributed by atoms with Gasteiger partial charge in [-0.1, -0.05) is 6.08 Å². The van der Waals surface area contributed by atoms with Crippen LogP contribution in [-0.4, -0.2) is 63.8 Å². The van der Waals surface area contributed by atoms with Crippen molar-refractivity contribution in [2.45, 2.75) is 12.8 Å². The van der Waals surface area contributed by atoms with Crippen molar-refractivity contribution in [3.05, 3.63) is 12.7 Å². The van der Waals surface area contributed by atoms with Crippen molar-refractivity contribution in [1.82, 2.24) is 0 Å². The number of hydrogen-bond donors (Lipinski definition) is 0. The van der Waals surface area contributed by atoms with Crippen LogP contribution in [0, 0.1) is 0 Å². The summed E-state index contributed by atoms with van der Waals surface area (Å²) in [6, 6.07) is 0. The summed E-state index contributed by atoms with van der Waals surface area (Å²) in [7, 11) is 11.4. The van der Waals surface area contributed by atoms with Crippen LogP contribution in [0.4, 0.5) is 0 Å². The number of hydrogen-bond acceptors (Lipinski definition) is 0. The summed E-state index contributed by atoms with van der Waals surface area (Å²) in [5.41, 5.74) is 0. The minimum absolute atomic E-state index is 1.06. The van der Waals surface area contributed by atoms with E-state index in [0.29, 0.717) is 0 Å². The molecular formula is C12H28N2+2. The van der Waals surface area contributed by atoms with Gasteiger partial charge in [0.2, 0.25) is 0 Å². The van der Waals surface area contributed by atoms with Crippen LogP contribution in [0.3, 0.4) is 0 Å². The van der Waals surface area contributed by atoms with Gasteiger partial charge in [-0.25, -0.2) is 0 Å². The molecule has 0 aromatic heterocycles. The fourth-order valence-electron chi connectivity index (χ4n) is 1.35. The van der Waals surface area contributed by atoms with Crippen molar-refractivity contribution in [1.29, 1.82) is 0 Å². The summed E-state index contributed by atoms with van der Waals surface area (Å²) in [4.78, 5) is 0. The minimum atomic E-state index is 1.06. The van der Waals surface area contributed by atoms with Crippen LogP contribution in [0.5, 0.6) is 0 Å². The molecule has 0 spiro atoms. The van der Waals surface area contributed by atoms with E-state index in [9.17, 15) is 0 Å². The third kappa shape index (κ3) is 8.27. The van der Waals surface area contributed by atoms with E-state index in [-0.39, 0.29) is 0 Å². The highest BCUT2D eigenvalue weighted by Gasteiger charge is 2.18. The van der Waals surface area contributed by atoms with E-state index in [1.165, 1.54) is 26.1 Å². The molecule has 0 aliphatic rings. The van der Waals surface area contributed by atoms with Gasteiger partial charge in [-0.15, -0.1) is 6.58 Å². The van der Waals surface area contributed by atoms with Gasteiger partial charge >= 0.3 is 0 Å². The van der Waals surface area contributed by atoms with Crippen LogP contribution < -0.4 is 0 Å². The fraction of sp³-hybridized carbons (Fsp3) is 0.833. The van der Waals surface area contributed by atoms with E-state index < -0.39 is 0 Å². The Morgan fingerprint density at radius 2 is 1.50 bits per heavy atom. The second-order valence-electron chi connectivity index (χ2n) is 5.83. The number of allylic oxidation sites excluding steroid dienone is 1. The SMILES string of the molecule is C=CCCC[N+](C)(C)CC[N+](C)(C)C. The average molecular weight is 200 g/mol. The molecule has 0 N–H and O–H groups in total. The molecule has 0 rings (SSSR count). The number of nitrogens with zero attached hydrogens (tertiary/aromatic N) is 2. The van der Waals surface area contributed by atoms with Crippen LogP contribution in [-0.2, 0) is 0 Å². The molecular weight excluding hydrogens is 172 g/mol. The van der Waals surface area contributed by atoms with Gasteiger partial charge in [0.05, 0.1) is 41.8 Å². The molecule has 0 aromatic carbocycles. The van der Waals surface area contributed by atoms with Crippen LogP contribution in [0.15, 0.2) is 12.7 Å². The molecule has 0 fully saturated rings. The average Bonchev–Trinajstić information content (AvgIpc) is 2.00. The molecule has 0 saturated heterocycles. The second kappa shape index (κ2) is 5.52. The molecule has 2 heteroatoms. The van der Waals surface area contributed by atoms with E-state index >= 15 is 0 Å². The number of likely N-dealkylation sites (N-methyl/N-ethyl adjacent to an activating group) is 2. The Bertz CT molecular complexity index is 166. The number of quaternary nitrogens is 2. The predicted octanol–water partition coefficient (Wildman–Crippen LogP) is 1.74. The summed E-state index contributed by atoms with van der Waals surface area (Å²) >= 11 is 0. The van der Waals surface area contributed by atoms with Gasteiger partial charge in [-0.2, -0.15) is 0 Å². The molecule has 0 aliphatic carbocycles. The van der Waals surface area contributed by atoms with E-state index in [0.717, 1.165) is 15.4 Å². The van der Waals surface area contributed by atoms with E-state index in [1.54, 1.807) is 0 Å². The first-order valence-electron chi connectivity index (χ1n) is 5.50. The molecule has 0 amide bonds. The maximum absolute atomic E-state index is 3.76. The smallest absolute Gasteiger partial charge is 0.128 e. The Kier molecular flexibility index (Phi) is 5.38. The minimum Gasteiger partial charge on any atom is -0.326 e. The molecule has 14 heavy (non-hydrogen) atoms. The van der Waals surface area contributed by atoms with Crippen LogP contribution in [0.1, 0.15) is 12.8 Å². The van der Waals surface area contributed by atoms with E-state index in [4.69, 9.17) is 0 Å². The lowest BCUT2D eigenvalue weighted by Gasteiger charge is -2.33. The maximum atomic E-state index is 3.76. The highest BCUT2D eigenvalue weighted by molar-refractivity contribution is 4.65. The first kappa shape index (κ1) is 13.7. The standard InChI is InChI=1S/C12H28N2/c1-7-8-9-10-14(5,6)12-11-13(2,3)4/h7H,1,8-12H2,2-6H3/q+2. The first-order valence-corrected chi connectivity index (χ1v) is 5.50. The lowest BCUT2D eigenvalue weighted by molar-refractivity contribution is -0.937. The normalized spacial score (nSPS) is 12.9. The fourth-order valence-corrected chi connectivity index (χ4v) is 1.35. The van der Waals surface area contributed by atoms with Gasteiger partial charge in [0.1, 0.15) is 13.1 Å². The molecule has 0 aliphatic heterocycles. The Labute approximate surface area is 90.0 Å². The van der Waals surface area contributed by atoms with Gasteiger partial charge in [0, 0.05) is 0 Å². The number of rotatable bonds is 7. The predicted molar refractivity (Wildman–Crippen MR) is 64.2 cm³/mol. The van der Waals surface area contributed by atoms with E-state index in [1.807, 2.05) is 6.08 Å². The maximum Gasteiger partial charge on any atom is 0.128 e. The van der Waals surface area contributed by atoms with Crippen LogP contribution in [0.25, 0.3) is 0 Å². The summed E-state index contributed by atoms with van der Waals surface area (Å²) in [5.74, 6) is 0.